The van der Waals surface area contributed by atoms with Crippen LogP contribution >= 0.6 is 39.1 Å². The molecule has 6 heteroatoms. The van der Waals surface area contributed by atoms with Crippen molar-refractivity contribution in [2.24, 2.45) is 0 Å². The molecule has 1 unspecified atom stereocenters. The molecule has 0 aromatic heterocycles. The Balaban J connectivity index is 2.57. The molecule has 21 heavy (non-hydrogen) atoms. The monoisotopic (exact) mass is 391 g/mol. The van der Waals surface area contributed by atoms with Crippen molar-refractivity contribution in [2.45, 2.75) is 6.04 Å². The highest BCUT2D eigenvalue weighted by Gasteiger charge is 2.21. The maximum Gasteiger partial charge on any atom is 0.138 e. The smallest absolute Gasteiger partial charge is 0.138 e. The Hall–Kier alpha value is -0.810. The fourth-order valence-corrected chi connectivity index (χ4v) is 3.15. The number of nitrogens with one attached hydrogen (secondary N) is 1. The average molecular weight is 393 g/mol. The van der Waals surface area contributed by atoms with E-state index in [1.165, 1.54) is 13.2 Å². The Labute approximate surface area is 141 Å². The number of halogens is 4. The fraction of sp³-hybridized carbons (Fsp3) is 0.200. The summed E-state index contributed by atoms with van der Waals surface area (Å²) in [6.45, 7) is 0. The van der Waals surface area contributed by atoms with Gasteiger partial charge < -0.3 is 10.1 Å². The first kappa shape index (κ1) is 16.6. The van der Waals surface area contributed by atoms with Gasteiger partial charge in [0.2, 0.25) is 0 Å². The molecular formula is C15H13BrCl2FNO. The summed E-state index contributed by atoms with van der Waals surface area (Å²) in [6, 6.07) is 7.94. The fourth-order valence-electron chi connectivity index (χ4n) is 2.14. The number of ether oxygens (including phenoxy) is 1. The molecule has 0 aliphatic carbocycles. The van der Waals surface area contributed by atoms with Gasteiger partial charge in [-0.05, 0) is 46.2 Å². The molecule has 2 rings (SSSR count). The molecule has 0 heterocycles. The van der Waals surface area contributed by atoms with Crippen LogP contribution in [0, 0.1) is 5.82 Å². The van der Waals surface area contributed by atoms with Crippen molar-refractivity contribution in [3.63, 3.8) is 0 Å². The second kappa shape index (κ2) is 6.97. The van der Waals surface area contributed by atoms with E-state index in [2.05, 4.69) is 21.2 Å². The predicted octanol–water partition coefficient (Wildman–Crippen LogP) is 5.21. The summed E-state index contributed by atoms with van der Waals surface area (Å²) in [5.41, 5.74) is 1.48. The molecule has 2 nitrogen and oxygen atoms in total. The van der Waals surface area contributed by atoms with Crippen LogP contribution in [0.25, 0.3) is 0 Å². The predicted molar refractivity (Wildman–Crippen MR) is 88.0 cm³/mol. The molecule has 112 valence electrons. The van der Waals surface area contributed by atoms with Crippen LogP contribution in [-0.2, 0) is 0 Å². The Bertz CT molecular complexity index is 666. The van der Waals surface area contributed by atoms with E-state index < -0.39 is 0 Å². The van der Waals surface area contributed by atoms with Gasteiger partial charge in [-0.3, -0.25) is 0 Å². The van der Waals surface area contributed by atoms with Crippen LogP contribution in [0.15, 0.2) is 34.8 Å². The quantitative estimate of drug-likeness (QED) is 0.770. The summed E-state index contributed by atoms with van der Waals surface area (Å²) in [5.74, 6) is 0.169. The minimum Gasteiger partial charge on any atom is -0.495 e. The van der Waals surface area contributed by atoms with E-state index in [9.17, 15) is 4.39 Å². The van der Waals surface area contributed by atoms with Crippen LogP contribution in [0.5, 0.6) is 5.75 Å². The molecule has 0 spiro atoms. The second-order valence-corrected chi connectivity index (χ2v) is 5.98. The van der Waals surface area contributed by atoms with Gasteiger partial charge in [0.05, 0.1) is 22.6 Å². The van der Waals surface area contributed by atoms with E-state index in [4.69, 9.17) is 27.9 Å². The highest BCUT2D eigenvalue weighted by Crippen LogP contribution is 2.38. The summed E-state index contributed by atoms with van der Waals surface area (Å²) in [7, 11) is 3.30. The molecule has 2 aromatic carbocycles. The lowest BCUT2D eigenvalue weighted by atomic mass is 9.98. The number of hydrogen-bond acceptors (Lipinski definition) is 2. The van der Waals surface area contributed by atoms with Gasteiger partial charge in [-0.15, -0.1) is 0 Å². The number of rotatable bonds is 4. The maximum atomic E-state index is 13.7. The van der Waals surface area contributed by atoms with Crippen molar-refractivity contribution in [1.29, 1.82) is 0 Å². The van der Waals surface area contributed by atoms with Gasteiger partial charge >= 0.3 is 0 Å². The van der Waals surface area contributed by atoms with Crippen molar-refractivity contribution in [3.8, 4) is 5.75 Å². The SMILES string of the molecule is CNC(c1cc(Cl)c(OC)cc1Cl)c1cccc(F)c1Br. The van der Waals surface area contributed by atoms with Gasteiger partial charge in [-0.2, -0.15) is 0 Å². The molecule has 0 bridgehead atoms. The van der Waals surface area contributed by atoms with Crippen molar-refractivity contribution < 1.29 is 9.13 Å². The first-order chi connectivity index (χ1) is 9.99. The van der Waals surface area contributed by atoms with Crippen molar-refractivity contribution >= 4 is 39.1 Å². The van der Waals surface area contributed by atoms with Crippen LogP contribution in [-0.4, -0.2) is 14.2 Å². The Morgan fingerprint density at radius 2 is 1.90 bits per heavy atom. The van der Waals surface area contributed by atoms with Crippen LogP contribution < -0.4 is 10.1 Å². The minimum absolute atomic E-state index is 0.300. The molecule has 0 aliphatic rings. The summed E-state index contributed by atoms with van der Waals surface area (Å²) >= 11 is 15.7. The lowest BCUT2D eigenvalue weighted by Gasteiger charge is -2.21. The number of methoxy groups -OCH3 is 1. The van der Waals surface area contributed by atoms with Crippen LogP contribution in [0.3, 0.4) is 0 Å². The highest BCUT2D eigenvalue weighted by atomic mass is 79.9. The zero-order chi connectivity index (χ0) is 15.6. The van der Waals surface area contributed by atoms with Gasteiger partial charge in [-0.25, -0.2) is 4.39 Å². The standard InChI is InChI=1S/C15H13BrCl2FNO/c1-20-15(8-4-3-5-12(19)14(8)16)9-6-11(18)13(21-2)7-10(9)17/h3-7,15,20H,1-2H3. The van der Waals surface area contributed by atoms with Crippen LogP contribution in [0.4, 0.5) is 4.39 Å². The van der Waals surface area contributed by atoms with Gasteiger partial charge in [0.25, 0.3) is 0 Å². The van der Waals surface area contributed by atoms with Crippen molar-refractivity contribution in [3.05, 3.63) is 61.8 Å². The summed E-state index contributed by atoms with van der Waals surface area (Å²) in [5, 5.41) is 4.07. The van der Waals surface area contributed by atoms with Gasteiger partial charge in [0.1, 0.15) is 11.6 Å². The molecular weight excluding hydrogens is 380 g/mol. The van der Waals surface area contributed by atoms with Crippen LogP contribution in [0.1, 0.15) is 17.2 Å². The van der Waals surface area contributed by atoms with Gasteiger partial charge in [0, 0.05) is 11.1 Å². The van der Waals surface area contributed by atoms with Crippen LogP contribution in [0.2, 0.25) is 10.0 Å². The lowest BCUT2D eigenvalue weighted by Crippen LogP contribution is -2.19. The maximum absolute atomic E-state index is 13.7. The Kier molecular flexibility index (Phi) is 5.49. The van der Waals surface area contributed by atoms with E-state index in [0.717, 1.165) is 11.1 Å². The molecule has 2 aromatic rings. The molecule has 1 N–H and O–H groups in total. The highest BCUT2D eigenvalue weighted by molar-refractivity contribution is 9.10. The second-order valence-electron chi connectivity index (χ2n) is 4.37. The Morgan fingerprint density at radius 3 is 2.52 bits per heavy atom. The first-order valence-corrected chi connectivity index (χ1v) is 7.68. The topological polar surface area (TPSA) is 21.3 Å². The Morgan fingerprint density at radius 1 is 1.19 bits per heavy atom. The minimum atomic E-state index is -0.330. The molecule has 0 aliphatic heterocycles. The summed E-state index contributed by atoms with van der Waals surface area (Å²) < 4.78 is 19.3. The van der Waals surface area contributed by atoms with E-state index in [-0.39, 0.29) is 11.9 Å². The lowest BCUT2D eigenvalue weighted by molar-refractivity contribution is 0.415. The average Bonchev–Trinajstić information content (AvgIpc) is 2.47. The number of benzene rings is 2. The molecule has 0 amide bonds. The third-order valence-corrected chi connectivity index (χ3v) is 4.62. The van der Waals surface area contributed by atoms with Crippen molar-refractivity contribution in [2.75, 3.05) is 14.2 Å². The van der Waals surface area contributed by atoms with Gasteiger partial charge in [0.15, 0.2) is 0 Å². The molecule has 0 fully saturated rings. The molecule has 1 atom stereocenters. The first-order valence-electron chi connectivity index (χ1n) is 6.13. The zero-order valence-corrected chi connectivity index (χ0v) is 14.5. The normalized spacial score (nSPS) is 12.3. The van der Waals surface area contributed by atoms with E-state index in [0.29, 0.717) is 20.3 Å². The third kappa shape index (κ3) is 3.34. The van der Waals surface area contributed by atoms with E-state index >= 15 is 0 Å². The third-order valence-electron chi connectivity index (χ3n) is 3.16. The molecule has 0 radical (unpaired) electrons. The summed E-state index contributed by atoms with van der Waals surface area (Å²) in [4.78, 5) is 0. The largest absolute Gasteiger partial charge is 0.495 e. The van der Waals surface area contributed by atoms with Gasteiger partial charge in [-0.1, -0.05) is 35.3 Å². The van der Waals surface area contributed by atoms with E-state index in [1.807, 2.05) is 6.07 Å². The molecule has 0 saturated carbocycles. The van der Waals surface area contributed by atoms with Crippen molar-refractivity contribution in [1.82, 2.24) is 5.32 Å². The summed E-state index contributed by atoms with van der Waals surface area (Å²) in [6.07, 6.45) is 0. The number of hydrogen-bond donors (Lipinski definition) is 1. The van der Waals surface area contributed by atoms with E-state index in [1.54, 1.807) is 25.2 Å². The zero-order valence-electron chi connectivity index (χ0n) is 11.4. The molecule has 0 saturated heterocycles.